The molecule has 16 heavy (non-hydrogen) atoms. The van der Waals surface area contributed by atoms with Gasteiger partial charge in [0.15, 0.2) is 0 Å². The van der Waals surface area contributed by atoms with Gasteiger partial charge in [-0.25, -0.2) is 4.98 Å². The topological polar surface area (TPSA) is 27.1 Å². The van der Waals surface area contributed by atoms with Gasteiger partial charge in [-0.3, -0.25) is 0 Å². The van der Waals surface area contributed by atoms with Crippen LogP contribution in [-0.4, -0.2) is 16.7 Å². The number of benzene rings is 1. The molecule has 84 valence electrons. The third-order valence-electron chi connectivity index (χ3n) is 2.72. The zero-order valence-electron chi connectivity index (χ0n) is 9.68. The van der Waals surface area contributed by atoms with Gasteiger partial charge in [0.05, 0.1) is 7.11 Å². The van der Waals surface area contributed by atoms with Crippen molar-refractivity contribution in [3.63, 3.8) is 0 Å². The van der Waals surface area contributed by atoms with Gasteiger partial charge in [0, 0.05) is 25.9 Å². The van der Waals surface area contributed by atoms with Crippen LogP contribution >= 0.6 is 0 Å². The van der Waals surface area contributed by atoms with E-state index in [9.17, 15) is 0 Å². The van der Waals surface area contributed by atoms with Gasteiger partial charge in [-0.05, 0) is 24.1 Å². The third kappa shape index (κ3) is 2.42. The molecule has 0 N–H and O–H groups in total. The molecule has 0 saturated carbocycles. The molecule has 1 heterocycles. The zero-order valence-corrected chi connectivity index (χ0v) is 9.68. The fourth-order valence-corrected chi connectivity index (χ4v) is 1.69. The van der Waals surface area contributed by atoms with Crippen molar-refractivity contribution in [2.75, 3.05) is 7.11 Å². The Morgan fingerprint density at radius 1 is 1.19 bits per heavy atom. The van der Waals surface area contributed by atoms with Crippen molar-refractivity contribution in [1.29, 1.82) is 0 Å². The van der Waals surface area contributed by atoms with E-state index in [1.165, 1.54) is 5.56 Å². The molecule has 0 atom stereocenters. The number of nitrogens with zero attached hydrogens (tertiary/aromatic N) is 2. The minimum absolute atomic E-state index is 0.903. The highest BCUT2D eigenvalue weighted by Gasteiger charge is 2.00. The Bertz CT molecular complexity index is 445. The van der Waals surface area contributed by atoms with Gasteiger partial charge in [-0.1, -0.05) is 12.1 Å². The molecule has 2 aromatic rings. The summed E-state index contributed by atoms with van der Waals surface area (Å²) in [5.41, 5.74) is 1.31. The molecule has 0 aliphatic heterocycles. The van der Waals surface area contributed by atoms with Gasteiger partial charge >= 0.3 is 0 Å². The summed E-state index contributed by atoms with van der Waals surface area (Å²) >= 11 is 0. The van der Waals surface area contributed by atoms with Crippen molar-refractivity contribution >= 4 is 0 Å². The molecule has 1 aromatic carbocycles. The first-order valence-corrected chi connectivity index (χ1v) is 5.39. The van der Waals surface area contributed by atoms with Crippen LogP contribution in [0.5, 0.6) is 5.75 Å². The van der Waals surface area contributed by atoms with Crippen molar-refractivity contribution in [2.45, 2.75) is 12.8 Å². The molecular formula is C13H16N2O. The van der Waals surface area contributed by atoms with Crippen LogP contribution in [0.4, 0.5) is 0 Å². The fraction of sp³-hybridized carbons (Fsp3) is 0.308. The number of aryl methyl sites for hydroxylation is 3. The second-order valence-electron chi connectivity index (χ2n) is 3.80. The standard InChI is InChI=1S/C13H16N2O/c1-15-10-9-14-13(15)8-5-11-3-6-12(16-2)7-4-11/h3-4,6-7,9-10H,5,8H2,1-2H3. The van der Waals surface area contributed by atoms with Crippen LogP contribution in [0.15, 0.2) is 36.7 Å². The van der Waals surface area contributed by atoms with Crippen LogP contribution in [0.25, 0.3) is 0 Å². The van der Waals surface area contributed by atoms with Crippen molar-refractivity contribution in [2.24, 2.45) is 7.05 Å². The quantitative estimate of drug-likeness (QED) is 0.783. The second kappa shape index (κ2) is 4.84. The predicted molar refractivity (Wildman–Crippen MR) is 63.6 cm³/mol. The highest BCUT2D eigenvalue weighted by atomic mass is 16.5. The van der Waals surface area contributed by atoms with E-state index in [1.54, 1.807) is 7.11 Å². The van der Waals surface area contributed by atoms with Crippen LogP contribution in [0, 0.1) is 0 Å². The zero-order chi connectivity index (χ0) is 11.4. The predicted octanol–water partition coefficient (Wildman–Crippen LogP) is 2.21. The van der Waals surface area contributed by atoms with Gasteiger partial charge in [0.25, 0.3) is 0 Å². The first-order valence-electron chi connectivity index (χ1n) is 5.39. The van der Waals surface area contributed by atoms with E-state index in [4.69, 9.17) is 4.74 Å². The molecular weight excluding hydrogens is 200 g/mol. The Morgan fingerprint density at radius 3 is 2.50 bits per heavy atom. The van der Waals surface area contributed by atoms with Crippen LogP contribution in [0.2, 0.25) is 0 Å². The maximum absolute atomic E-state index is 5.12. The summed E-state index contributed by atoms with van der Waals surface area (Å²) < 4.78 is 7.18. The lowest BCUT2D eigenvalue weighted by Gasteiger charge is -2.04. The van der Waals surface area contributed by atoms with E-state index in [0.29, 0.717) is 0 Å². The lowest BCUT2D eigenvalue weighted by molar-refractivity contribution is 0.414. The summed E-state index contributed by atoms with van der Waals surface area (Å²) in [5, 5.41) is 0. The van der Waals surface area contributed by atoms with Crippen molar-refractivity contribution < 1.29 is 4.74 Å². The number of ether oxygens (including phenoxy) is 1. The smallest absolute Gasteiger partial charge is 0.118 e. The van der Waals surface area contributed by atoms with Crippen LogP contribution in [0.1, 0.15) is 11.4 Å². The molecule has 3 heteroatoms. The third-order valence-corrected chi connectivity index (χ3v) is 2.72. The molecule has 0 fully saturated rings. The van der Waals surface area contributed by atoms with Crippen molar-refractivity contribution in [1.82, 2.24) is 9.55 Å². The maximum atomic E-state index is 5.12. The van der Waals surface area contributed by atoms with Gasteiger partial charge < -0.3 is 9.30 Å². The van der Waals surface area contributed by atoms with Crippen LogP contribution < -0.4 is 4.74 Å². The molecule has 0 amide bonds. The summed E-state index contributed by atoms with van der Waals surface area (Å²) in [4.78, 5) is 4.30. The number of methoxy groups -OCH3 is 1. The molecule has 0 saturated heterocycles. The summed E-state index contributed by atoms with van der Waals surface area (Å²) in [6, 6.07) is 8.19. The van der Waals surface area contributed by atoms with E-state index in [-0.39, 0.29) is 0 Å². The van der Waals surface area contributed by atoms with Gasteiger partial charge in [0.1, 0.15) is 11.6 Å². The van der Waals surface area contributed by atoms with E-state index >= 15 is 0 Å². The Morgan fingerprint density at radius 2 is 1.94 bits per heavy atom. The molecule has 0 bridgehead atoms. The Labute approximate surface area is 95.7 Å². The monoisotopic (exact) mass is 216 g/mol. The molecule has 0 aliphatic rings. The second-order valence-corrected chi connectivity index (χ2v) is 3.80. The molecule has 0 radical (unpaired) electrons. The lowest BCUT2D eigenvalue weighted by atomic mass is 10.1. The number of hydrogen-bond acceptors (Lipinski definition) is 2. The Kier molecular flexibility index (Phi) is 3.25. The van der Waals surface area contributed by atoms with E-state index in [1.807, 2.05) is 31.6 Å². The normalized spacial score (nSPS) is 10.4. The largest absolute Gasteiger partial charge is 0.497 e. The number of imidazole rings is 1. The summed E-state index contributed by atoms with van der Waals surface area (Å²) in [6.45, 7) is 0. The fourth-order valence-electron chi connectivity index (χ4n) is 1.69. The average molecular weight is 216 g/mol. The Balaban J connectivity index is 1.97. The molecule has 0 unspecified atom stereocenters. The summed E-state index contributed by atoms with van der Waals surface area (Å²) in [6.07, 6.45) is 5.79. The summed E-state index contributed by atoms with van der Waals surface area (Å²) in [5.74, 6) is 2.02. The van der Waals surface area contributed by atoms with Crippen LogP contribution in [-0.2, 0) is 19.9 Å². The van der Waals surface area contributed by atoms with E-state index in [2.05, 4.69) is 21.7 Å². The SMILES string of the molecule is COc1ccc(CCc2nccn2C)cc1. The lowest BCUT2D eigenvalue weighted by Crippen LogP contribution is -1.99. The van der Waals surface area contributed by atoms with E-state index in [0.717, 1.165) is 24.4 Å². The first-order chi connectivity index (χ1) is 7.79. The maximum Gasteiger partial charge on any atom is 0.118 e. The highest BCUT2D eigenvalue weighted by molar-refractivity contribution is 5.27. The minimum atomic E-state index is 0.903. The molecule has 2 rings (SSSR count). The molecule has 1 aromatic heterocycles. The van der Waals surface area contributed by atoms with Gasteiger partial charge in [0.2, 0.25) is 0 Å². The van der Waals surface area contributed by atoms with Gasteiger partial charge in [-0.2, -0.15) is 0 Å². The number of rotatable bonds is 4. The number of hydrogen-bond donors (Lipinski definition) is 0. The van der Waals surface area contributed by atoms with Crippen molar-refractivity contribution in [3.05, 3.63) is 48.0 Å². The highest BCUT2D eigenvalue weighted by Crippen LogP contribution is 2.12. The molecule has 0 aliphatic carbocycles. The molecule has 0 spiro atoms. The van der Waals surface area contributed by atoms with Crippen LogP contribution in [0.3, 0.4) is 0 Å². The minimum Gasteiger partial charge on any atom is -0.497 e. The Hall–Kier alpha value is -1.77. The van der Waals surface area contributed by atoms with E-state index < -0.39 is 0 Å². The average Bonchev–Trinajstić information content (AvgIpc) is 2.73. The van der Waals surface area contributed by atoms with Crippen molar-refractivity contribution in [3.8, 4) is 5.75 Å². The molecule has 3 nitrogen and oxygen atoms in total. The summed E-state index contributed by atoms with van der Waals surface area (Å²) in [7, 11) is 3.71. The first kappa shape index (κ1) is 10.7. The number of aromatic nitrogens is 2. The van der Waals surface area contributed by atoms with Gasteiger partial charge in [-0.15, -0.1) is 0 Å².